The molecule has 3 aromatic heterocycles. The summed E-state index contributed by atoms with van der Waals surface area (Å²) in [7, 11) is 0. The topological polar surface area (TPSA) is 135 Å². The third-order valence-corrected chi connectivity index (χ3v) is 5.64. The summed E-state index contributed by atoms with van der Waals surface area (Å²) < 4.78 is 6.79. The number of rotatable bonds is 6. The Bertz CT molecular complexity index is 1570. The number of nitrogens with zero attached hydrogens (tertiary/aromatic N) is 5. The lowest BCUT2D eigenvalue weighted by Crippen LogP contribution is -2.27. The van der Waals surface area contributed by atoms with Gasteiger partial charge in [-0.05, 0) is 63.1 Å². The number of nitrogens with one attached hydrogen (secondary N) is 2. The van der Waals surface area contributed by atoms with Crippen LogP contribution in [0, 0.1) is 18.3 Å². The monoisotopic (exact) mass is 561 g/mol. The van der Waals surface area contributed by atoms with E-state index >= 15 is 0 Å². The fourth-order valence-electron chi connectivity index (χ4n) is 3.72. The first-order valence-electron chi connectivity index (χ1n) is 12.8. The van der Waals surface area contributed by atoms with Crippen molar-refractivity contribution in [2.75, 3.05) is 5.32 Å². The molecule has 0 unspecified atom stereocenters. The van der Waals surface area contributed by atoms with Crippen LogP contribution in [0.15, 0.2) is 48.8 Å². The van der Waals surface area contributed by atoms with Gasteiger partial charge in [0, 0.05) is 30.0 Å². The zero-order chi connectivity index (χ0) is 29.4. The molecule has 0 saturated carbocycles. The fourth-order valence-corrected chi connectivity index (χ4v) is 3.88. The van der Waals surface area contributed by atoms with Crippen molar-refractivity contribution in [1.82, 2.24) is 25.1 Å². The summed E-state index contributed by atoms with van der Waals surface area (Å²) in [5.74, 6) is -0.0933. The van der Waals surface area contributed by atoms with E-state index in [0.29, 0.717) is 23.1 Å². The average molecular weight is 562 g/mol. The molecule has 3 heterocycles. The SMILES string of the molecule is CC.Cc1nc(NC(=O)OC(C)(C)C)ccc1CNC(=O)c1cn(Cc2ccc3ncc(Cl)cc3c2)nc1C#N. The molecule has 40 heavy (non-hydrogen) atoms. The molecule has 4 rings (SSSR count). The van der Waals surface area contributed by atoms with Gasteiger partial charge in [0.05, 0.1) is 22.6 Å². The van der Waals surface area contributed by atoms with E-state index in [1.165, 1.54) is 0 Å². The van der Waals surface area contributed by atoms with Gasteiger partial charge in [0.25, 0.3) is 5.91 Å². The predicted molar refractivity (Wildman–Crippen MR) is 154 cm³/mol. The van der Waals surface area contributed by atoms with E-state index in [9.17, 15) is 14.9 Å². The van der Waals surface area contributed by atoms with Crippen molar-refractivity contribution < 1.29 is 14.3 Å². The molecule has 10 nitrogen and oxygen atoms in total. The Morgan fingerprint density at radius 1 is 1.15 bits per heavy atom. The van der Waals surface area contributed by atoms with Gasteiger partial charge in [0.2, 0.25) is 0 Å². The van der Waals surface area contributed by atoms with Crippen LogP contribution < -0.4 is 10.6 Å². The minimum Gasteiger partial charge on any atom is -0.444 e. The van der Waals surface area contributed by atoms with E-state index < -0.39 is 17.6 Å². The predicted octanol–water partition coefficient (Wildman–Crippen LogP) is 6.01. The number of halogens is 1. The number of benzene rings is 1. The summed E-state index contributed by atoms with van der Waals surface area (Å²) in [5.41, 5.74) is 2.69. The van der Waals surface area contributed by atoms with Gasteiger partial charge in [0.1, 0.15) is 17.5 Å². The third-order valence-electron chi connectivity index (χ3n) is 5.43. The first-order chi connectivity index (χ1) is 19.0. The van der Waals surface area contributed by atoms with Gasteiger partial charge in [-0.2, -0.15) is 10.4 Å². The van der Waals surface area contributed by atoms with Gasteiger partial charge in [-0.25, -0.2) is 9.78 Å². The number of hydrogen-bond donors (Lipinski definition) is 2. The van der Waals surface area contributed by atoms with Gasteiger partial charge < -0.3 is 10.1 Å². The third kappa shape index (κ3) is 8.01. The van der Waals surface area contributed by atoms with E-state index in [1.807, 2.05) is 44.2 Å². The molecule has 2 amide bonds. The zero-order valence-electron chi connectivity index (χ0n) is 23.4. The molecule has 208 valence electrons. The zero-order valence-corrected chi connectivity index (χ0v) is 24.1. The lowest BCUT2D eigenvalue weighted by atomic mass is 10.1. The molecule has 0 aliphatic heterocycles. The number of nitriles is 1. The second-order valence-corrected chi connectivity index (χ2v) is 10.1. The molecule has 0 spiro atoms. The van der Waals surface area contributed by atoms with Crippen molar-refractivity contribution in [3.63, 3.8) is 0 Å². The summed E-state index contributed by atoms with van der Waals surface area (Å²) in [6, 6.07) is 12.9. The molecular formula is C29H32ClN7O3. The second kappa shape index (κ2) is 13.0. The molecule has 0 aliphatic rings. The number of carbonyl (C=O) groups is 2. The van der Waals surface area contributed by atoms with Gasteiger partial charge >= 0.3 is 6.09 Å². The number of carbonyl (C=O) groups excluding carboxylic acids is 2. The van der Waals surface area contributed by atoms with E-state index in [-0.39, 0.29) is 17.8 Å². The van der Waals surface area contributed by atoms with E-state index in [1.54, 1.807) is 56.9 Å². The fraction of sp³-hybridized carbons (Fsp3) is 0.310. The highest BCUT2D eigenvalue weighted by Crippen LogP contribution is 2.19. The molecule has 0 fully saturated rings. The van der Waals surface area contributed by atoms with Crippen LogP contribution in [0.5, 0.6) is 0 Å². The Balaban J connectivity index is 0.00000216. The van der Waals surface area contributed by atoms with E-state index in [0.717, 1.165) is 22.0 Å². The molecule has 0 atom stereocenters. The maximum absolute atomic E-state index is 12.9. The number of pyridine rings is 2. The summed E-state index contributed by atoms with van der Waals surface area (Å²) in [4.78, 5) is 33.5. The van der Waals surface area contributed by atoms with Crippen LogP contribution in [0.4, 0.5) is 10.6 Å². The van der Waals surface area contributed by atoms with E-state index in [4.69, 9.17) is 16.3 Å². The van der Waals surface area contributed by atoms with Crippen molar-refractivity contribution >= 4 is 40.3 Å². The molecular weight excluding hydrogens is 530 g/mol. The normalized spacial score (nSPS) is 10.8. The molecule has 0 bridgehead atoms. The number of hydrogen-bond acceptors (Lipinski definition) is 7. The van der Waals surface area contributed by atoms with Crippen LogP contribution in [0.2, 0.25) is 5.02 Å². The maximum atomic E-state index is 12.9. The van der Waals surface area contributed by atoms with Crippen molar-refractivity contribution in [2.45, 2.75) is 60.2 Å². The molecule has 0 aliphatic carbocycles. The number of anilines is 1. The van der Waals surface area contributed by atoms with Crippen molar-refractivity contribution in [2.24, 2.45) is 0 Å². The first kappa shape index (κ1) is 30.1. The van der Waals surface area contributed by atoms with Crippen LogP contribution >= 0.6 is 11.6 Å². The summed E-state index contributed by atoms with van der Waals surface area (Å²) in [6.45, 7) is 11.6. The largest absolute Gasteiger partial charge is 0.444 e. The molecule has 11 heteroatoms. The minimum atomic E-state index is -0.624. The van der Waals surface area contributed by atoms with Crippen LogP contribution in [0.3, 0.4) is 0 Å². The number of fused-ring (bicyclic) bond motifs is 1. The first-order valence-corrected chi connectivity index (χ1v) is 13.1. The van der Waals surface area contributed by atoms with Crippen molar-refractivity contribution in [3.8, 4) is 6.07 Å². The average Bonchev–Trinajstić information content (AvgIpc) is 3.30. The molecule has 4 aromatic rings. The van der Waals surface area contributed by atoms with Crippen LogP contribution in [-0.4, -0.2) is 37.3 Å². The summed E-state index contributed by atoms with van der Waals surface area (Å²) in [6.07, 6.45) is 2.54. The van der Waals surface area contributed by atoms with Gasteiger partial charge in [-0.1, -0.05) is 37.6 Å². The van der Waals surface area contributed by atoms with Crippen LogP contribution in [-0.2, 0) is 17.8 Å². The highest BCUT2D eigenvalue weighted by atomic mass is 35.5. The lowest BCUT2D eigenvalue weighted by Gasteiger charge is -2.19. The smallest absolute Gasteiger partial charge is 0.413 e. The Morgan fingerprint density at radius 2 is 1.90 bits per heavy atom. The minimum absolute atomic E-state index is 0.0276. The number of aryl methyl sites for hydroxylation is 1. The Kier molecular flexibility index (Phi) is 9.80. The Hall–Kier alpha value is -4.49. The number of amides is 2. The second-order valence-electron chi connectivity index (χ2n) is 9.63. The Morgan fingerprint density at radius 3 is 2.58 bits per heavy atom. The highest BCUT2D eigenvalue weighted by Gasteiger charge is 2.18. The molecule has 1 aromatic carbocycles. The van der Waals surface area contributed by atoms with Crippen molar-refractivity contribution in [1.29, 1.82) is 5.26 Å². The molecule has 2 N–H and O–H groups in total. The van der Waals surface area contributed by atoms with Crippen LogP contribution in [0.25, 0.3) is 10.9 Å². The highest BCUT2D eigenvalue weighted by molar-refractivity contribution is 6.31. The number of ether oxygens (including phenoxy) is 1. The van der Waals surface area contributed by atoms with E-state index in [2.05, 4.69) is 25.7 Å². The number of aromatic nitrogens is 4. The van der Waals surface area contributed by atoms with Crippen molar-refractivity contribution in [3.05, 3.63) is 81.9 Å². The summed E-state index contributed by atoms with van der Waals surface area (Å²) in [5, 5.41) is 20.6. The molecule has 0 saturated heterocycles. The standard InChI is InChI=1S/C27H26ClN7O3.C2H6/c1-16-18(6-8-24(32-16)33-26(37)38-27(2,3)4)12-31-25(36)21-15-35(34-23(21)11-29)14-17-5-7-22-19(9-17)10-20(28)13-30-22;1-2/h5-10,13,15H,12,14H2,1-4H3,(H,31,36)(H,32,33,37);1-2H3. The maximum Gasteiger partial charge on any atom is 0.413 e. The Labute approximate surface area is 238 Å². The molecule has 0 radical (unpaired) electrons. The summed E-state index contributed by atoms with van der Waals surface area (Å²) >= 11 is 6.05. The van der Waals surface area contributed by atoms with Crippen LogP contribution in [0.1, 0.15) is 67.5 Å². The van der Waals surface area contributed by atoms with Gasteiger partial charge in [0.15, 0.2) is 5.69 Å². The quantitative estimate of drug-likeness (QED) is 0.294. The van der Waals surface area contributed by atoms with Gasteiger partial charge in [-0.3, -0.25) is 19.8 Å². The lowest BCUT2D eigenvalue weighted by molar-refractivity contribution is 0.0635. The van der Waals surface area contributed by atoms with Gasteiger partial charge in [-0.15, -0.1) is 0 Å².